The molecule has 2 heterocycles. The van der Waals surface area contributed by atoms with E-state index >= 15 is 0 Å². The molecule has 2 aromatic rings. The molecule has 0 bridgehead atoms. The highest BCUT2D eigenvalue weighted by atomic mass is 79.9. The van der Waals surface area contributed by atoms with Crippen LogP contribution in [0.5, 0.6) is 0 Å². The zero-order chi connectivity index (χ0) is 16.5. The maximum Gasteiger partial charge on any atom is 0.435 e. The normalized spacial score (nSPS) is 13.0. The number of hydrogen-bond donors (Lipinski definition) is 0. The number of fused-ring (bicyclic) bond motifs is 1. The topological polar surface area (TPSA) is 39.9 Å². The standard InChI is InChI=1S/C13H17BrF3N3OSi/c1-22(2,3)5-4-21-8-20-12-10(6-9(14)7-18-12)11(19-20)13(15,16)17/h6-7H,4-5,8H2,1-3H3. The summed E-state index contributed by atoms with van der Waals surface area (Å²) in [5, 5.41) is 3.60. The van der Waals surface area contributed by atoms with Crippen LogP contribution in [0, 0.1) is 0 Å². The van der Waals surface area contributed by atoms with Crippen LogP contribution in [0.2, 0.25) is 25.7 Å². The van der Waals surface area contributed by atoms with E-state index in [4.69, 9.17) is 4.74 Å². The Hall–Kier alpha value is -0.933. The Bertz CT molecular complexity index is 667. The Morgan fingerprint density at radius 1 is 1.32 bits per heavy atom. The van der Waals surface area contributed by atoms with Gasteiger partial charge in [-0.05, 0) is 28.0 Å². The first kappa shape index (κ1) is 17.4. The molecule has 0 unspecified atom stereocenters. The molecule has 0 atom stereocenters. The third-order valence-electron chi connectivity index (χ3n) is 3.03. The summed E-state index contributed by atoms with van der Waals surface area (Å²) in [5.41, 5.74) is -0.770. The predicted octanol–water partition coefficient (Wildman–Crippen LogP) is 4.52. The van der Waals surface area contributed by atoms with E-state index in [1.165, 1.54) is 12.3 Å². The SMILES string of the molecule is C[Si](C)(C)CCOCn1nc(C(F)(F)F)c2cc(Br)cnc21. The van der Waals surface area contributed by atoms with Crippen molar-refractivity contribution in [2.24, 2.45) is 0 Å². The molecule has 0 aromatic carbocycles. The van der Waals surface area contributed by atoms with Crippen molar-refractivity contribution in [3.63, 3.8) is 0 Å². The third kappa shape index (κ3) is 4.29. The lowest BCUT2D eigenvalue weighted by Gasteiger charge is -2.15. The van der Waals surface area contributed by atoms with Gasteiger partial charge in [0.15, 0.2) is 11.3 Å². The molecule has 0 aliphatic rings. The second-order valence-corrected chi connectivity index (χ2v) is 12.8. The predicted molar refractivity (Wildman–Crippen MR) is 84.3 cm³/mol. The van der Waals surface area contributed by atoms with Crippen LogP contribution < -0.4 is 0 Å². The quantitative estimate of drug-likeness (QED) is 0.551. The minimum atomic E-state index is -4.52. The number of aromatic nitrogens is 3. The number of alkyl halides is 3. The van der Waals surface area contributed by atoms with Gasteiger partial charge in [0.05, 0.1) is 5.39 Å². The summed E-state index contributed by atoms with van der Waals surface area (Å²) < 4.78 is 46.3. The largest absolute Gasteiger partial charge is 0.435 e. The van der Waals surface area contributed by atoms with Crippen LogP contribution in [0.1, 0.15) is 5.69 Å². The van der Waals surface area contributed by atoms with E-state index < -0.39 is 19.9 Å². The Kier molecular flexibility index (Phi) is 4.98. The van der Waals surface area contributed by atoms with Crippen LogP contribution in [0.25, 0.3) is 11.0 Å². The van der Waals surface area contributed by atoms with Gasteiger partial charge in [0.25, 0.3) is 0 Å². The lowest BCUT2D eigenvalue weighted by atomic mass is 10.2. The van der Waals surface area contributed by atoms with Crippen molar-refractivity contribution in [2.75, 3.05) is 6.61 Å². The lowest BCUT2D eigenvalue weighted by Crippen LogP contribution is -2.22. The van der Waals surface area contributed by atoms with Gasteiger partial charge in [-0.15, -0.1) is 0 Å². The Morgan fingerprint density at radius 3 is 2.59 bits per heavy atom. The van der Waals surface area contributed by atoms with Gasteiger partial charge < -0.3 is 4.74 Å². The van der Waals surface area contributed by atoms with E-state index in [-0.39, 0.29) is 17.8 Å². The zero-order valence-electron chi connectivity index (χ0n) is 12.5. The summed E-state index contributed by atoms with van der Waals surface area (Å²) in [5.74, 6) is 0. The maximum absolute atomic E-state index is 13.1. The molecular formula is C13H17BrF3N3OSi. The number of nitrogens with zero attached hydrogens (tertiary/aromatic N) is 3. The fourth-order valence-corrected chi connectivity index (χ4v) is 2.95. The molecule has 0 fully saturated rings. The molecule has 0 radical (unpaired) electrons. The van der Waals surface area contributed by atoms with Crippen molar-refractivity contribution in [2.45, 2.75) is 38.6 Å². The molecule has 2 aromatic heterocycles. The van der Waals surface area contributed by atoms with Crippen molar-refractivity contribution in [3.8, 4) is 0 Å². The van der Waals surface area contributed by atoms with Crippen LogP contribution in [0.3, 0.4) is 0 Å². The molecule has 0 aliphatic heterocycles. The van der Waals surface area contributed by atoms with Crippen molar-refractivity contribution >= 4 is 35.0 Å². The third-order valence-corrected chi connectivity index (χ3v) is 5.17. The van der Waals surface area contributed by atoms with E-state index in [1.807, 2.05) is 0 Å². The summed E-state index contributed by atoms with van der Waals surface area (Å²) in [6.45, 7) is 7.10. The van der Waals surface area contributed by atoms with E-state index in [0.717, 1.165) is 10.7 Å². The Balaban J connectivity index is 2.23. The van der Waals surface area contributed by atoms with Crippen molar-refractivity contribution in [3.05, 3.63) is 22.4 Å². The van der Waals surface area contributed by atoms with E-state index in [1.54, 1.807) is 0 Å². The molecule has 0 aliphatic carbocycles. The van der Waals surface area contributed by atoms with Gasteiger partial charge in [-0.25, -0.2) is 9.67 Å². The first-order valence-electron chi connectivity index (χ1n) is 6.75. The van der Waals surface area contributed by atoms with Crippen LogP contribution in [-0.2, 0) is 17.6 Å². The monoisotopic (exact) mass is 395 g/mol. The number of halogens is 4. The molecule has 9 heteroatoms. The van der Waals surface area contributed by atoms with Crippen molar-refractivity contribution in [1.82, 2.24) is 14.8 Å². The van der Waals surface area contributed by atoms with E-state index in [2.05, 4.69) is 45.7 Å². The maximum atomic E-state index is 13.1. The molecule has 0 N–H and O–H groups in total. The number of hydrogen-bond acceptors (Lipinski definition) is 3. The second-order valence-electron chi connectivity index (χ2n) is 6.22. The fourth-order valence-electron chi connectivity index (χ4n) is 1.86. The summed E-state index contributed by atoms with van der Waals surface area (Å²) in [6.07, 6.45) is -3.08. The summed E-state index contributed by atoms with van der Waals surface area (Å²) >= 11 is 3.13. The van der Waals surface area contributed by atoms with Gasteiger partial charge in [0.2, 0.25) is 0 Å². The smallest absolute Gasteiger partial charge is 0.359 e. The average molecular weight is 396 g/mol. The molecule has 122 valence electrons. The Morgan fingerprint density at radius 2 is 2.00 bits per heavy atom. The van der Waals surface area contributed by atoms with Crippen molar-refractivity contribution < 1.29 is 17.9 Å². The molecule has 0 spiro atoms. The lowest BCUT2D eigenvalue weighted by molar-refractivity contribution is -0.140. The molecule has 2 rings (SSSR count). The fraction of sp³-hybridized carbons (Fsp3) is 0.538. The summed E-state index contributed by atoms with van der Waals surface area (Å²) in [4.78, 5) is 4.02. The zero-order valence-corrected chi connectivity index (χ0v) is 15.1. The van der Waals surface area contributed by atoms with Gasteiger partial charge >= 0.3 is 6.18 Å². The molecular weight excluding hydrogens is 379 g/mol. The molecule has 0 saturated heterocycles. The number of ether oxygens (including phenoxy) is 1. The first-order chi connectivity index (χ1) is 10.1. The van der Waals surface area contributed by atoms with Crippen molar-refractivity contribution in [1.29, 1.82) is 0 Å². The van der Waals surface area contributed by atoms with E-state index in [9.17, 15) is 13.2 Å². The minimum Gasteiger partial charge on any atom is -0.359 e. The molecule has 4 nitrogen and oxygen atoms in total. The molecule has 22 heavy (non-hydrogen) atoms. The van der Waals surface area contributed by atoms with Gasteiger partial charge in [-0.2, -0.15) is 18.3 Å². The Labute approximate surface area is 135 Å². The number of rotatable bonds is 5. The first-order valence-corrected chi connectivity index (χ1v) is 11.2. The van der Waals surface area contributed by atoms with Crippen LogP contribution >= 0.6 is 15.9 Å². The van der Waals surface area contributed by atoms with Gasteiger partial charge in [0, 0.05) is 25.4 Å². The van der Waals surface area contributed by atoms with E-state index in [0.29, 0.717) is 11.1 Å². The summed E-state index contributed by atoms with van der Waals surface area (Å²) in [6, 6.07) is 2.31. The second kappa shape index (κ2) is 6.29. The highest BCUT2D eigenvalue weighted by Crippen LogP contribution is 2.34. The van der Waals surface area contributed by atoms with Crippen LogP contribution in [0.15, 0.2) is 16.7 Å². The minimum absolute atomic E-state index is 0.0318. The molecule has 0 saturated carbocycles. The van der Waals surface area contributed by atoms with Crippen LogP contribution in [-0.4, -0.2) is 29.4 Å². The van der Waals surface area contributed by atoms with Gasteiger partial charge in [-0.1, -0.05) is 19.6 Å². The average Bonchev–Trinajstić information content (AvgIpc) is 2.71. The highest BCUT2D eigenvalue weighted by Gasteiger charge is 2.37. The highest BCUT2D eigenvalue weighted by molar-refractivity contribution is 9.10. The number of pyridine rings is 1. The molecule has 0 amide bonds. The van der Waals surface area contributed by atoms with Gasteiger partial charge in [0.1, 0.15) is 6.73 Å². The summed E-state index contributed by atoms with van der Waals surface area (Å²) in [7, 11) is -1.24. The van der Waals surface area contributed by atoms with Crippen LogP contribution in [0.4, 0.5) is 13.2 Å². The van der Waals surface area contributed by atoms with Gasteiger partial charge in [-0.3, -0.25) is 0 Å².